The first-order chi connectivity index (χ1) is 19.2. The smallest absolute Gasteiger partial charge is 0.321 e. The van der Waals surface area contributed by atoms with Gasteiger partial charge in [0, 0.05) is 56.1 Å². The number of urea groups is 1. The molecule has 1 aromatic heterocycles. The second kappa shape index (κ2) is 11.1. The zero-order chi connectivity index (χ0) is 28.4. The van der Waals surface area contributed by atoms with Gasteiger partial charge >= 0.3 is 6.03 Å². The number of H-pyrrole nitrogens is 1. The molecule has 6 rings (SSSR count). The summed E-state index contributed by atoms with van der Waals surface area (Å²) in [7, 11) is 5.11. The lowest BCUT2D eigenvalue weighted by molar-refractivity contribution is -0.131. The maximum Gasteiger partial charge on any atom is 0.321 e. The molecule has 40 heavy (non-hydrogen) atoms. The third-order valence-electron chi connectivity index (χ3n) is 7.32. The van der Waals surface area contributed by atoms with E-state index in [0.29, 0.717) is 35.6 Å². The van der Waals surface area contributed by atoms with E-state index in [-0.39, 0.29) is 23.4 Å². The number of aromatic amines is 1. The zero-order valence-electron chi connectivity index (χ0n) is 23.0. The van der Waals surface area contributed by atoms with Crippen LogP contribution in [0.1, 0.15) is 35.6 Å². The molecular formula is C31H33N5O4. The number of ether oxygens (including phenoxy) is 1. The molecule has 2 aliphatic heterocycles. The molecule has 0 aliphatic carbocycles. The topological polar surface area (TPSA) is 107 Å². The Morgan fingerprint density at radius 1 is 0.950 bits per heavy atom. The van der Waals surface area contributed by atoms with E-state index in [9.17, 15) is 14.4 Å². The van der Waals surface area contributed by atoms with Gasteiger partial charge in [0.25, 0.3) is 5.56 Å². The van der Waals surface area contributed by atoms with Gasteiger partial charge in [-0.05, 0) is 58.5 Å². The standard InChI is InChI=1S/C31H33N5O4/c1-19-17-36(3)31(39)34-23-7-5-6-20(14-23)18-35(2)30(38)28(22-9-11-25(19)27(15-22)40-4)33-24-10-8-21-12-13-32-29(37)26(21)16-24/h5-16,19,28,33H,17-18H2,1-4H3,(H,32,37)(H,34,39)/t19-,28+/m0/s1. The second-order valence-electron chi connectivity index (χ2n) is 10.3. The molecule has 2 aliphatic rings. The summed E-state index contributed by atoms with van der Waals surface area (Å²) in [4.78, 5) is 45.3. The first kappa shape index (κ1) is 26.8. The number of carbonyl (C=O) groups excluding carboxylic acids is 2. The van der Waals surface area contributed by atoms with E-state index in [2.05, 4.69) is 15.6 Å². The highest BCUT2D eigenvalue weighted by molar-refractivity contribution is 5.90. The minimum Gasteiger partial charge on any atom is -0.496 e. The number of methoxy groups -OCH3 is 1. The number of anilines is 2. The summed E-state index contributed by atoms with van der Waals surface area (Å²) in [6.07, 6.45) is 1.62. The Hall–Kier alpha value is -4.79. The lowest BCUT2D eigenvalue weighted by Crippen LogP contribution is -2.36. The third-order valence-corrected chi connectivity index (χ3v) is 7.32. The molecule has 3 heterocycles. The number of fused-ring (bicyclic) bond motifs is 10. The van der Waals surface area contributed by atoms with E-state index in [1.54, 1.807) is 43.3 Å². The van der Waals surface area contributed by atoms with Gasteiger partial charge in [0.2, 0.25) is 5.91 Å². The number of carbonyl (C=O) groups is 2. The van der Waals surface area contributed by atoms with Gasteiger partial charge in [0.05, 0.1) is 7.11 Å². The van der Waals surface area contributed by atoms with E-state index in [1.807, 2.05) is 67.6 Å². The summed E-state index contributed by atoms with van der Waals surface area (Å²) in [5.74, 6) is 0.440. The minimum absolute atomic E-state index is 0.0315. The summed E-state index contributed by atoms with van der Waals surface area (Å²) < 4.78 is 5.76. The van der Waals surface area contributed by atoms with Gasteiger partial charge in [0.15, 0.2) is 0 Å². The number of nitrogens with one attached hydrogen (secondary N) is 3. The number of hydrogen-bond donors (Lipinski definition) is 3. The SMILES string of the molecule is COc1cc2ccc1[C@@H](C)CN(C)C(=O)Nc1cccc(c1)CN(C)C(=O)[C@@H]2Nc1ccc2cc[nH]c(=O)c2c1. The van der Waals surface area contributed by atoms with Crippen LogP contribution in [0.25, 0.3) is 10.8 Å². The van der Waals surface area contributed by atoms with E-state index in [4.69, 9.17) is 4.74 Å². The molecule has 0 fully saturated rings. The summed E-state index contributed by atoms with van der Waals surface area (Å²) >= 11 is 0. The number of hydrogen-bond acceptors (Lipinski definition) is 5. The molecule has 0 radical (unpaired) electrons. The quantitative estimate of drug-likeness (QED) is 0.342. The molecule has 3 amide bonds. The number of rotatable bonds is 3. The van der Waals surface area contributed by atoms with E-state index in [0.717, 1.165) is 22.1 Å². The van der Waals surface area contributed by atoms with Gasteiger partial charge in [-0.2, -0.15) is 0 Å². The van der Waals surface area contributed by atoms with Crippen molar-refractivity contribution in [3.63, 3.8) is 0 Å². The van der Waals surface area contributed by atoms with Crippen LogP contribution in [0.5, 0.6) is 5.75 Å². The van der Waals surface area contributed by atoms with Crippen molar-refractivity contribution < 1.29 is 14.3 Å². The number of amides is 3. The van der Waals surface area contributed by atoms with Crippen molar-refractivity contribution in [1.29, 1.82) is 0 Å². The second-order valence-corrected chi connectivity index (χ2v) is 10.3. The average molecular weight is 540 g/mol. The number of pyridine rings is 1. The fourth-order valence-electron chi connectivity index (χ4n) is 5.17. The van der Waals surface area contributed by atoms with Crippen molar-refractivity contribution in [1.82, 2.24) is 14.8 Å². The van der Waals surface area contributed by atoms with Gasteiger partial charge in [-0.15, -0.1) is 0 Å². The normalized spacial score (nSPS) is 18.1. The fourth-order valence-corrected chi connectivity index (χ4v) is 5.17. The Labute approximate surface area is 232 Å². The first-order valence-corrected chi connectivity index (χ1v) is 13.2. The van der Waals surface area contributed by atoms with Crippen LogP contribution in [0.4, 0.5) is 16.2 Å². The van der Waals surface area contributed by atoms with Crippen LogP contribution >= 0.6 is 0 Å². The minimum atomic E-state index is -0.748. The fraction of sp³-hybridized carbons (Fsp3) is 0.258. The van der Waals surface area contributed by atoms with Crippen molar-refractivity contribution in [2.24, 2.45) is 0 Å². The van der Waals surface area contributed by atoms with Crippen LogP contribution in [0.15, 0.2) is 77.7 Å². The molecule has 0 spiro atoms. The van der Waals surface area contributed by atoms with Crippen LogP contribution in [-0.2, 0) is 11.3 Å². The molecule has 4 bridgehead atoms. The van der Waals surface area contributed by atoms with Crippen LogP contribution in [0, 0.1) is 0 Å². The number of benzene rings is 3. The van der Waals surface area contributed by atoms with Crippen molar-refractivity contribution >= 4 is 34.1 Å². The van der Waals surface area contributed by atoms with Crippen molar-refractivity contribution in [2.45, 2.75) is 25.4 Å². The summed E-state index contributed by atoms with van der Waals surface area (Å²) in [6.45, 7) is 2.84. The molecule has 0 saturated carbocycles. The zero-order valence-corrected chi connectivity index (χ0v) is 23.0. The lowest BCUT2D eigenvalue weighted by Gasteiger charge is -2.28. The third kappa shape index (κ3) is 5.49. The Morgan fingerprint density at radius 2 is 1.77 bits per heavy atom. The highest BCUT2D eigenvalue weighted by Gasteiger charge is 2.27. The first-order valence-electron chi connectivity index (χ1n) is 13.2. The van der Waals surface area contributed by atoms with Gasteiger partial charge in [0.1, 0.15) is 11.8 Å². The average Bonchev–Trinajstić information content (AvgIpc) is 2.95. The predicted molar refractivity (Wildman–Crippen MR) is 157 cm³/mol. The Morgan fingerprint density at radius 3 is 2.58 bits per heavy atom. The molecule has 0 saturated heterocycles. The van der Waals surface area contributed by atoms with Crippen LogP contribution in [-0.4, -0.2) is 54.5 Å². The highest BCUT2D eigenvalue weighted by atomic mass is 16.5. The molecule has 9 nitrogen and oxygen atoms in total. The van der Waals surface area contributed by atoms with Crippen molar-refractivity contribution in [2.75, 3.05) is 38.4 Å². The van der Waals surface area contributed by atoms with Crippen LogP contribution < -0.4 is 20.9 Å². The van der Waals surface area contributed by atoms with E-state index < -0.39 is 6.04 Å². The number of likely N-dealkylation sites (N-methyl/N-ethyl adjacent to an activating group) is 2. The van der Waals surface area contributed by atoms with Gasteiger partial charge in [-0.25, -0.2) is 4.79 Å². The number of nitrogens with zero attached hydrogens (tertiary/aromatic N) is 2. The Kier molecular flexibility index (Phi) is 7.46. The molecule has 9 heteroatoms. The van der Waals surface area contributed by atoms with Gasteiger partial charge < -0.3 is 30.2 Å². The van der Waals surface area contributed by atoms with Gasteiger partial charge in [-0.1, -0.05) is 37.3 Å². The molecular weight excluding hydrogens is 506 g/mol. The van der Waals surface area contributed by atoms with Crippen LogP contribution in [0.2, 0.25) is 0 Å². The van der Waals surface area contributed by atoms with Gasteiger partial charge in [-0.3, -0.25) is 9.59 Å². The predicted octanol–water partition coefficient (Wildman–Crippen LogP) is 4.93. The Balaban J connectivity index is 1.59. The highest BCUT2D eigenvalue weighted by Crippen LogP contribution is 2.33. The van der Waals surface area contributed by atoms with Crippen molar-refractivity contribution in [3.8, 4) is 5.75 Å². The summed E-state index contributed by atoms with van der Waals surface area (Å²) in [5.41, 5.74) is 3.63. The maximum absolute atomic E-state index is 14.0. The summed E-state index contributed by atoms with van der Waals surface area (Å²) in [6, 6.07) is 19.6. The van der Waals surface area contributed by atoms with Crippen LogP contribution in [0.3, 0.4) is 0 Å². The monoisotopic (exact) mass is 539 g/mol. The van der Waals surface area contributed by atoms with E-state index >= 15 is 0 Å². The lowest BCUT2D eigenvalue weighted by atomic mass is 9.95. The van der Waals surface area contributed by atoms with E-state index in [1.165, 1.54) is 0 Å². The molecule has 4 aromatic rings. The molecule has 0 unspecified atom stereocenters. The largest absolute Gasteiger partial charge is 0.496 e. The molecule has 206 valence electrons. The maximum atomic E-state index is 14.0. The molecule has 2 atom stereocenters. The number of aromatic nitrogens is 1. The van der Waals surface area contributed by atoms with Crippen molar-refractivity contribution in [3.05, 3.63) is 100.0 Å². The Bertz CT molecular complexity index is 1630. The molecule has 3 N–H and O–H groups in total. The summed E-state index contributed by atoms with van der Waals surface area (Å²) in [5, 5.41) is 7.68. The molecule has 3 aromatic carbocycles.